The minimum Gasteiger partial charge on any atom is -0.487 e. The van der Waals surface area contributed by atoms with Gasteiger partial charge in [-0.05, 0) is 93.2 Å². The van der Waals surface area contributed by atoms with Gasteiger partial charge in [0, 0.05) is 15.7 Å². The number of carbonyl (C=O) groups is 1. The summed E-state index contributed by atoms with van der Waals surface area (Å²) in [7, 11) is 0. The van der Waals surface area contributed by atoms with E-state index in [1.165, 1.54) is 0 Å². The molecular weight excluding hydrogens is 696 g/mol. The van der Waals surface area contributed by atoms with Crippen LogP contribution in [0.2, 0.25) is 0 Å². The number of nitriles is 2. The fraction of sp³-hybridized carbons (Fsp3) is 0.0417. The molecule has 0 saturated carbocycles. The molecule has 0 aliphatic rings. The zero-order chi connectivity index (χ0) is 23.1. The highest BCUT2D eigenvalue weighted by atomic mass is 127. The maximum absolute atomic E-state index is 12.5. The maximum Gasteiger partial charge on any atom is 0.266 e. The van der Waals surface area contributed by atoms with Gasteiger partial charge in [0.1, 0.15) is 24.0 Å². The lowest BCUT2D eigenvalue weighted by atomic mass is 10.1. The van der Waals surface area contributed by atoms with E-state index in [9.17, 15) is 15.3 Å². The smallest absolute Gasteiger partial charge is 0.266 e. The first-order valence-electron chi connectivity index (χ1n) is 9.20. The molecule has 0 radical (unpaired) electrons. The van der Waals surface area contributed by atoms with Crippen LogP contribution in [0.25, 0.3) is 6.08 Å². The maximum atomic E-state index is 12.5. The zero-order valence-electron chi connectivity index (χ0n) is 16.4. The summed E-state index contributed by atoms with van der Waals surface area (Å²) in [6.07, 6.45) is 1.55. The monoisotopic (exact) mass is 709 g/mol. The molecule has 5 nitrogen and oxygen atoms in total. The Balaban J connectivity index is 1.79. The molecule has 1 N–H and O–H groups in total. The third-order valence-electron chi connectivity index (χ3n) is 4.29. The first-order chi connectivity index (χ1) is 15.4. The molecule has 0 fully saturated rings. The molecular formula is C24H14BrI2N3O2. The van der Waals surface area contributed by atoms with Crippen LogP contribution in [0.5, 0.6) is 5.75 Å². The third kappa shape index (κ3) is 6.31. The van der Waals surface area contributed by atoms with Crippen LogP contribution < -0.4 is 10.1 Å². The Kier molecular flexibility index (Phi) is 8.67. The minimum absolute atomic E-state index is 0.00630. The second-order valence-corrected chi connectivity index (χ2v) is 9.75. The lowest BCUT2D eigenvalue weighted by Crippen LogP contribution is -2.13. The minimum atomic E-state index is -0.482. The van der Waals surface area contributed by atoms with Crippen LogP contribution in [0.3, 0.4) is 0 Å². The van der Waals surface area contributed by atoms with Crippen LogP contribution in [-0.2, 0) is 11.4 Å². The molecule has 0 saturated heterocycles. The van der Waals surface area contributed by atoms with Crippen LogP contribution in [0.15, 0.2) is 70.7 Å². The van der Waals surface area contributed by atoms with Gasteiger partial charge in [0.15, 0.2) is 0 Å². The summed E-state index contributed by atoms with van der Waals surface area (Å²) in [6.45, 7) is 0.267. The number of hydrogen-bond acceptors (Lipinski definition) is 4. The average molecular weight is 710 g/mol. The van der Waals surface area contributed by atoms with E-state index >= 15 is 0 Å². The molecule has 0 unspecified atom stereocenters. The van der Waals surface area contributed by atoms with Gasteiger partial charge >= 0.3 is 0 Å². The van der Waals surface area contributed by atoms with Crippen molar-refractivity contribution < 1.29 is 9.53 Å². The normalized spacial score (nSPS) is 10.7. The summed E-state index contributed by atoms with van der Waals surface area (Å²) in [6, 6.07) is 22.3. The molecule has 0 atom stereocenters. The molecule has 0 heterocycles. The van der Waals surface area contributed by atoms with Crippen LogP contribution in [-0.4, -0.2) is 5.91 Å². The van der Waals surface area contributed by atoms with E-state index in [0.29, 0.717) is 22.6 Å². The highest BCUT2D eigenvalue weighted by Gasteiger charge is 2.13. The number of hydrogen-bond donors (Lipinski definition) is 1. The van der Waals surface area contributed by atoms with E-state index < -0.39 is 5.91 Å². The van der Waals surface area contributed by atoms with Crippen LogP contribution >= 0.6 is 61.1 Å². The molecule has 3 aromatic rings. The first-order valence-corrected chi connectivity index (χ1v) is 12.1. The molecule has 0 bridgehead atoms. The van der Waals surface area contributed by atoms with Gasteiger partial charge in [0.25, 0.3) is 5.91 Å². The van der Waals surface area contributed by atoms with E-state index in [0.717, 1.165) is 17.2 Å². The van der Waals surface area contributed by atoms with Crippen molar-refractivity contribution in [2.24, 2.45) is 0 Å². The number of halogens is 3. The topological polar surface area (TPSA) is 85.9 Å². The lowest BCUT2D eigenvalue weighted by Gasteiger charge is -2.12. The highest BCUT2D eigenvalue weighted by Crippen LogP contribution is 2.31. The number of anilines is 1. The fourth-order valence-electron chi connectivity index (χ4n) is 2.79. The van der Waals surface area contributed by atoms with Crippen molar-refractivity contribution in [3.63, 3.8) is 0 Å². The number of nitrogens with zero attached hydrogens (tertiary/aromatic N) is 2. The number of ether oxygens (including phenoxy) is 1. The van der Waals surface area contributed by atoms with Crippen LogP contribution in [0.1, 0.15) is 16.7 Å². The second-order valence-electron chi connectivity index (χ2n) is 6.51. The summed E-state index contributed by atoms with van der Waals surface area (Å²) < 4.78 is 8.48. The summed E-state index contributed by atoms with van der Waals surface area (Å²) in [5.41, 5.74) is 2.68. The van der Waals surface area contributed by atoms with Gasteiger partial charge in [0.2, 0.25) is 0 Å². The predicted octanol–water partition coefficient (Wildman–Crippen LogP) is 6.65. The van der Waals surface area contributed by atoms with Gasteiger partial charge in [-0.25, -0.2) is 0 Å². The summed E-state index contributed by atoms with van der Waals surface area (Å²) >= 11 is 7.67. The molecule has 0 spiro atoms. The summed E-state index contributed by atoms with van der Waals surface area (Å²) in [5.74, 6) is 0.206. The van der Waals surface area contributed by atoms with Crippen molar-refractivity contribution in [3.8, 4) is 17.9 Å². The van der Waals surface area contributed by atoms with Gasteiger partial charge in [-0.2, -0.15) is 10.5 Å². The SMILES string of the molecule is N#C/C(=C/c1cc(I)c(OCc2ccccc2C#N)c(I)c1)C(=O)Nc1cccc(Br)c1. The van der Waals surface area contributed by atoms with E-state index in [2.05, 4.69) is 72.5 Å². The quantitative estimate of drug-likeness (QED) is 0.176. The van der Waals surface area contributed by atoms with E-state index in [4.69, 9.17) is 4.74 Å². The molecule has 32 heavy (non-hydrogen) atoms. The molecule has 3 rings (SSSR count). The summed E-state index contributed by atoms with van der Waals surface area (Å²) in [4.78, 5) is 12.5. The number of rotatable bonds is 6. The largest absolute Gasteiger partial charge is 0.487 e. The molecule has 3 aromatic carbocycles. The van der Waals surface area contributed by atoms with Gasteiger partial charge in [-0.1, -0.05) is 40.2 Å². The van der Waals surface area contributed by atoms with Gasteiger partial charge in [-0.15, -0.1) is 0 Å². The Morgan fingerprint density at radius 1 is 1.06 bits per heavy atom. The first kappa shape index (κ1) is 24.2. The zero-order valence-corrected chi connectivity index (χ0v) is 22.3. The van der Waals surface area contributed by atoms with Crippen molar-refractivity contribution in [2.75, 3.05) is 5.32 Å². The Bertz CT molecular complexity index is 1270. The van der Waals surface area contributed by atoms with Crippen molar-refractivity contribution in [1.29, 1.82) is 10.5 Å². The highest BCUT2D eigenvalue weighted by molar-refractivity contribution is 14.1. The number of amides is 1. The molecule has 0 aliphatic carbocycles. The summed E-state index contributed by atoms with van der Waals surface area (Å²) in [5, 5.41) is 21.5. The third-order valence-corrected chi connectivity index (χ3v) is 6.38. The van der Waals surface area contributed by atoms with Crippen LogP contribution in [0.4, 0.5) is 5.69 Å². The Morgan fingerprint density at radius 2 is 1.78 bits per heavy atom. The number of benzene rings is 3. The Morgan fingerprint density at radius 3 is 2.44 bits per heavy atom. The van der Waals surface area contributed by atoms with Crippen molar-refractivity contribution >= 4 is 78.8 Å². The molecule has 8 heteroatoms. The Labute approximate surface area is 221 Å². The molecule has 158 valence electrons. The average Bonchev–Trinajstić information content (AvgIpc) is 2.77. The standard InChI is InChI=1S/C24H14BrI2N3O2/c25-19-6-3-7-20(11-19)30-24(31)18(13-29)8-15-9-21(26)23(22(27)10-15)32-14-17-5-2-1-4-16(17)12-28/h1-11H,14H2,(H,30,31)/b18-8-. The van der Waals surface area contributed by atoms with Gasteiger partial charge in [-0.3, -0.25) is 4.79 Å². The Hall–Kier alpha value is -2.41. The fourth-order valence-corrected chi connectivity index (χ4v) is 5.31. The van der Waals surface area contributed by atoms with Gasteiger partial charge in [0.05, 0.1) is 18.8 Å². The number of nitrogens with one attached hydrogen (secondary N) is 1. The molecule has 0 aliphatic heterocycles. The van der Waals surface area contributed by atoms with E-state index in [1.807, 2.05) is 42.5 Å². The molecule has 1 amide bonds. The lowest BCUT2D eigenvalue weighted by molar-refractivity contribution is -0.112. The second kappa shape index (κ2) is 11.5. The van der Waals surface area contributed by atoms with E-state index in [-0.39, 0.29) is 12.2 Å². The number of carbonyl (C=O) groups excluding carboxylic acids is 1. The molecule has 0 aromatic heterocycles. The van der Waals surface area contributed by atoms with Crippen molar-refractivity contribution in [2.45, 2.75) is 6.61 Å². The predicted molar refractivity (Wildman–Crippen MR) is 144 cm³/mol. The van der Waals surface area contributed by atoms with Gasteiger partial charge < -0.3 is 10.1 Å². The van der Waals surface area contributed by atoms with Crippen LogP contribution in [0, 0.1) is 29.8 Å². The van der Waals surface area contributed by atoms with E-state index in [1.54, 1.807) is 30.3 Å². The van der Waals surface area contributed by atoms with Crippen molar-refractivity contribution in [1.82, 2.24) is 0 Å². The van der Waals surface area contributed by atoms with Crippen molar-refractivity contribution in [3.05, 3.63) is 94.5 Å².